The van der Waals surface area contributed by atoms with Crippen molar-refractivity contribution < 1.29 is 14.3 Å². The number of amides is 2. The highest BCUT2D eigenvalue weighted by Crippen LogP contribution is 2.32. The van der Waals surface area contributed by atoms with E-state index >= 15 is 0 Å². The zero-order chi connectivity index (χ0) is 18.5. The van der Waals surface area contributed by atoms with Crippen molar-refractivity contribution in [2.45, 2.75) is 32.1 Å². The van der Waals surface area contributed by atoms with Crippen LogP contribution in [-0.2, 0) is 9.59 Å². The van der Waals surface area contributed by atoms with Crippen LogP contribution in [0.25, 0.3) is 0 Å². The van der Waals surface area contributed by atoms with Gasteiger partial charge in [0.25, 0.3) is 0 Å². The Labute approximate surface area is 160 Å². The Hall–Kier alpha value is -1.75. The van der Waals surface area contributed by atoms with Gasteiger partial charge in [0.1, 0.15) is 5.75 Å². The van der Waals surface area contributed by atoms with Gasteiger partial charge in [-0.05, 0) is 50.3 Å². The maximum absolute atomic E-state index is 12.6. The van der Waals surface area contributed by atoms with Crippen molar-refractivity contribution in [1.29, 1.82) is 0 Å². The van der Waals surface area contributed by atoms with E-state index in [1.54, 1.807) is 11.0 Å². The molecule has 2 aliphatic rings. The molecule has 0 bridgehead atoms. The van der Waals surface area contributed by atoms with Crippen LogP contribution in [0.2, 0.25) is 5.02 Å². The maximum atomic E-state index is 12.6. The summed E-state index contributed by atoms with van der Waals surface area (Å²) in [4.78, 5) is 28.4. The molecule has 0 atom stereocenters. The first-order valence-corrected chi connectivity index (χ1v) is 9.84. The lowest BCUT2D eigenvalue weighted by molar-refractivity contribution is -0.140. The second kappa shape index (κ2) is 8.76. The van der Waals surface area contributed by atoms with E-state index in [1.807, 2.05) is 30.1 Å². The van der Waals surface area contributed by atoms with Crippen molar-refractivity contribution in [3.63, 3.8) is 0 Å². The Balaban J connectivity index is 1.34. The standard InChI is InChI=1S/C20H27ClN2O3/c1-22(10-3-13-26-18-5-2-4-17(21)14-18)19(24)16-8-11-23(12-9-16)20(25)15-6-7-15/h2,4-5,14-16H,3,6-13H2,1H3. The van der Waals surface area contributed by atoms with Crippen LogP contribution in [0.1, 0.15) is 32.1 Å². The summed E-state index contributed by atoms with van der Waals surface area (Å²) in [5.74, 6) is 1.54. The Bertz CT molecular complexity index is 640. The molecule has 0 spiro atoms. The van der Waals surface area contributed by atoms with Gasteiger partial charge in [0, 0.05) is 43.5 Å². The largest absolute Gasteiger partial charge is 0.493 e. The minimum Gasteiger partial charge on any atom is -0.493 e. The first kappa shape index (κ1) is 19.0. The summed E-state index contributed by atoms with van der Waals surface area (Å²) in [5.41, 5.74) is 0. The number of nitrogens with zero attached hydrogens (tertiary/aromatic N) is 2. The highest BCUT2D eigenvalue weighted by atomic mass is 35.5. The van der Waals surface area contributed by atoms with Crippen LogP contribution < -0.4 is 4.74 Å². The molecule has 0 unspecified atom stereocenters. The average Bonchev–Trinajstić information content (AvgIpc) is 3.49. The lowest BCUT2D eigenvalue weighted by Crippen LogP contribution is -2.44. The lowest BCUT2D eigenvalue weighted by atomic mass is 9.95. The van der Waals surface area contributed by atoms with Crippen molar-refractivity contribution in [2.24, 2.45) is 11.8 Å². The molecule has 0 radical (unpaired) electrons. The number of rotatable bonds is 7. The van der Waals surface area contributed by atoms with Gasteiger partial charge < -0.3 is 14.5 Å². The van der Waals surface area contributed by atoms with Crippen LogP contribution >= 0.6 is 11.6 Å². The van der Waals surface area contributed by atoms with Gasteiger partial charge >= 0.3 is 0 Å². The molecule has 26 heavy (non-hydrogen) atoms. The lowest BCUT2D eigenvalue weighted by Gasteiger charge is -2.33. The molecule has 2 fully saturated rings. The van der Waals surface area contributed by atoms with Gasteiger partial charge in [-0.2, -0.15) is 0 Å². The highest BCUT2D eigenvalue weighted by molar-refractivity contribution is 6.30. The van der Waals surface area contributed by atoms with Crippen molar-refractivity contribution in [3.05, 3.63) is 29.3 Å². The van der Waals surface area contributed by atoms with Gasteiger partial charge in [0.05, 0.1) is 6.61 Å². The molecule has 0 aromatic heterocycles. The van der Waals surface area contributed by atoms with Gasteiger partial charge in [-0.3, -0.25) is 9.59 Å². The second-order valence-electron chi connectivity index (χ2n) is 7.29. The molecule has 0 N–H and O–H groups in total. The van der Waals surface area contributed by atoms with Crippen LogP contribution in [0, 0.1) is 11.8 Å². The molecule has 1 saturated heterocycles. The van der Waals surface area contributed by atoms with Crippen LogP contribution in [-0.4, -0.2) is 54.9 Å². The number of hydrogen-bond acceptors (Lipinski definition) is 3. The maximum Gasteiger partial charge on any atom is 0.225 e. The molecule has 1 aliphatic carbocycles. The van der Waals surface area contributed by atoms with E-state index in [0.717, 1.165) is 50.9 Å². The van der Waals surface area contributed by atoms with E-state index < -0.39 is 0 Å². The van der Waals surface area contributed by atoms with Crippen molar-refractivity contribution in [2.75, 3.05) is 33.3 Å². The minimum absolute atomic E-state index is 0.0390. The smallest absolute Gasteiger partial charge is 0.225 e. The fraction of sp³-hybridized carbons (Fsp3) is 0.600. The Morgan fingerprint density at radius 2 is 1.92 bits per heavy atom. The molecular weight excluding hydrogens is 352 g/mol. The highest BCUT2D eigenvalue weighted by Gasteiger charge is 2.36. The van der Waals surface area contributed by atoms with Crippen LogP contribution in [0.4, 0.5) is 0 Å². The molecule has 1 aromatic carbocycles. The average molecular weight is 379 g/mol. The molecule has 1 saturated carbocycles. The zero-order valence-electron chi connectivity index (χ0n) is 15.3. The Morgan fingerprint density at radius 1 is 1.19 bits per heavy atom. The van der Waals surface area contributed by atoms with E-state index in [-0.39, 0.29) is 17.7 Å². The van der Waals surface area contributed by atoms with Gasteiger partial charge in [-0.15, -0.1) is 0 Å². The summed E-state index contributed by atoms with van der Waals surface area (Å²) < 4.78 is 5.66. The molecule has 2 amide bonds. The van der Waals surface area contributed by atoms with Crippen molar-refractivity contribution in [3.8, 4) is 5.75 Å². The molecule has 1 aromatic rings. The van der Waals surface area contributed by atoms with Crippen LogP contribution in [0.3, 0.4) is 0 Å². The van der Waals surface area contributed by atoms with E-state index in [4.69, 9.17) is 16.3 Å². The fourth-order valence-electron chi connectivity index (χ4n) is 3.41. The summed E-state index contributed by atoms with van der Waals surface area (Å²) in [6.45, 7) is 2.65. The SMILES string of the molecule is CN(CCCOc1cccc(Cl)c1)C(=O)C1CCN(C(=O)C2CC2)CC1. The molecule has 5 nitrogen and oxygen atoms in total. The summed E-state index contributed by atoms with van der Waals surface area (Å²) in [5, 5.41) is 0.654. The third-order valence-corrected chi connectivity index (χ3v) is 5.40. The van der Waals surface area contributed by atoms with Gasteiger partial charge in [-0.1, -0.05) is 17.7 Å². The number of likely N-dealkylation sites (tertiary alicyclic amines) is 1. The van der Waals surface area contributed by atoms with Gasteiger partial charge in [0.15, 0.2) is 0 Å². The predicted octanol–water partition coefficient (Wildman–Crippen LogP) is 3.22. The van der Waals surface area contributed by atoms with Crippen LogP contribution in [0.5, 0.6) is 5.75 Å². The zero-order valence-corrected chi connectivity index (χ0v) is 16.1. The number of carbonyl (C=O) groups is 2. The Morgan fingerprint density at radius 3 is 2.58 bits per heavy atom. The normalized spacial score (nSPS) is 17.8. The van der Waals surface area contributed by atoms with Crippen molar-refractivity contribution in [1.82, 2.24) is 9.80 Å². The molecule has 1 aliphatic heterocycles. The summed E-state index contributed by atoms with van der Waals surface area (Å²) >= 11 is 5.93. The Kier molecular flexibility index (Phi) is 6.41. The number of piperidine rings is 1. The second-order valence-corrected chi connectivity index (χ2v) is 7.73. The molecule has 142 valence electrons. The summed E-state index contributed by atoms with van der Waals surface area (Å²) in [6.07, 6.45) is 4.41. The number of ether oxygens (including phenoxy) is 1. The van der Waals surface area contributed by atoms with E-state index in [1.165, 1.54) is 0 Å². The van der Waals surface area contributed by atoms with Crippen molar-refractivity contribution >= 4 is 23.4 Å². The third-order valence-electron chi connectivity index (χ3n) is 5.16. The third kappa shape index (κ3) is 5.13. The van der Waals surface area contributed by atoms with E-state index in [0.29, 0.717) is 24.1 Å². The van der Waals surface area contributed by atoms with Gasteiger partial charge in [-0.25, -0.2) is 0 Å². The number of halogens is 1. The molecule has 6 heteroatoms. The molecule has 1 heterocycles. The van der Waals surface area contributed by atoms with E-state index in [2.05, 4.69) is 0 Å². The first-order valence-electron chi connectivity index (χ1n) is 9.46. The van der Waals surface area contributed by atoms with Crippen LogP contribution in [0.15, 0.2) is 24.3 Å². The predicted molar refractivity (Wildman–Crippen MR) is 101 cm³/mol. The summed E-state index contributed by atoms with van der Waals surface area (Å²) in [7, 11) is 1.85. The number of hydrogen-bond donors (Lipinski definition) is 0. The fourth-order valence-corrected chi connectivity index (χ4v) is 3.59. The number of benzene rings is 1. The monoisotopic (exact) mass is 378 g/mol. The molecule has 3 rings (SSSR count). The molecular formula is C20H27ClN2O3. The first-order chi connectivity index (χ1) is 12.5. The van der Waals surface area contributed by atoms with E-state index in [9.17, 15) is 9.59 Å². The summed E-state index contributed by atoms with van der Waals surface area (Å²) in [6, 6.07) is 7.32. The number of carbonyl (C=O) groups excluding carboxylic acids is 2. The quantitative estimate of drug-likeness (QED) is 0.684. The minimum atomic E-state index is 0.0390. The topological polar surface area (TPSA) is 49.9 Å². The van der Waals surface area contributed by atoms with Gasteiger partial charge in [0.2, 0.25) is 11.8 Å².